The van der Waals surface area contributed by atoms with Crippen molar-refractivity contribution in [1.29, 1.82) is 0 Å². The summed E-state index contributed by atoms with van der Waals surface area (Å²) in [6.07, 6.45) is 0.150. The van der Waals surface area contributed by atoms with Gasteiger partial charge in [0.15, 0.2) is 0 Å². The highest BCUT2D eigenvalue weighted by Crippen LogP contribution is 2.40. The number of piperazine rings is 1. The molecule has 0 spiro atoms. The fourth-order valence-electron chi connectivity index (χ4n) is 7.09. The van der Waals surface area contributed by atoms with E-state index in [1.54, 1.807) is 30.6 Å². The average molecular weight is 672 g/mol. The maximum Gasteiger partial charge on any atom is 0.245 e. The summed E-state index contributed by atoms with van der Waals surface area (Å²) in [6.45, 7) is 15.3. The highest BCUT2D eigenvalue weighted by molar-refractivity contribution is 6.30. The zero-order chi connectivity index (χ0) is 34.4. The molecule has 0 N–H and O–H groups in total. The number of carbonyl (C=O) groups excluding carboxylic acids is 3. The fraction of sp³-hybridized carbons (Fsp3) is 0.583. The van der Waals surface area contributed by atoms with Crippen molar-refractivity contribution in [2.24, 2.45) is 11.3 Å². The molecular formula is C36H48ClF2N5O3. The Labute approximate surface area is 282 Å². The smallest absolute Gasteiger partial charge is 0.245 e. The van der Waals surface area contributed by atoms with Crippen LogP contribution in [0.25, 0.3) is 0 Å². The molecule has 3 aliphatic rings. The third-order valence-electron chi connectivity index (χ3n) is 9.94. The standard InChI is InChI=1S/C36H48ClF2N5O3/c1-35(2,3)34(47)44(30-13-12-25(38)18-29(30)39)26-19-31(33(46)41-16-14-40(7)15-17-41)43(20-26)32(45)28-22-42(36(4,5)6)21-27(28)23-8-10-24(37)11-9-23/h8-13,18,26-28,31H,14-17,19-22H2,1-7H3/t26-,27-,28-,31-/m0/s1. The number of halogens is 3. The van der Waals surface area contributed by atoms with E-state index in [1.165, 1.54) is 11.0 Å². The first-order valence-electron chi connectivity index (χ1n) is 16.5. The van der Waals surface area contributed by atoms with E-state index in [0.717, 1.165) is 17.7 Å². The SMILES string of the molecule is CN1CCN(C(=O)[C@@H]2C[C@H](N(C(=O)C(C)(C)C)c3ccc(F)cc3F)CN2C(=O)[C@H]2CN(C(C)(C)C)C[C@H]2c2ccc(Cl)cc2)CC1. The van der Waals surface area contributed by atoms with E-state index in [2.05, 4.69) is 30.6 Å². The number of benzene rings is 2. The first-order valence-corrected chi connectivity index (χ1v) is 16.9. The lowest BCUT2D eigenvalue weighted by Crippen LogP contribution is -2.54. The first-order chi connectivity index (χ1) is 22.0. The molecular weight excluding hydrogens is 624 g/mol. The zero-order valence-corrected chi connectivity index (χ0v) is 29.4. The Morgan fingerprint density at radius 3 is 2.06 bits per heavy atom. The second-order valence-corrected chi connectivity index (χ2v) is 15.8. The Morgan fingerprint density at radius 1 is 0.851 bits per heavy atom. The molecule has 3 heterocycles. The van der Waals surface area contributed by atoms with E-state index >= 15 is 4.39 Å². The van der Waals surface area contributed by atoms with Crippen molar-refractivity contribution in [3.63, 3.8) is 0 Å². The van der Waals surface area contributed by atoms with Crippen molar-refractivity contribution in [3.05, 3.63) is 64.7 Å². The van der Waals surface area contributed by atoms with Crippen LogP contribution in [0.3, 0.4) is 0 Å². The highest BCUT2D eigenvalue weighted by Gasteiger charge is 2.51. The Balaban J connectivity index is 1.55. The predicted octanol–water partition coefficient (Wildman–Crippen LogP) is 5.25. The van der Waals surface area contributed by atoms with Gasteiger partial charge >= 0.3 is 0 Å². The molecule has 0 saturated carbocycles. The van der Waals surface area contributed by atoms with E-state index < -0.39 is 35.1 Å². The van der Waals surface area contributed by atoms with Gasteiger partial charge in [-0.25, -0.2) is 8.78 Å². The molecule has 0 aromatic heterocycles. The van der Waals surface area contributed by atoms with Gasteiger partial charge in [0.05, 0.1) is 17.6 Å². The Morgan fingerprint density at radius 2 is 1.49 bits per heavy atom. The number of anilines is 1. The lowest BCUT2D eigenvalue weighted by Gasteiger charge is -2.36. The molecule has 0 bridgehead atoms. The number of amides is 3. The number of nitrogens with zero attached hydrogens (tertiary/aromatic N) is 5. The van der Waals surface area contributed by atoms with Gasteiger partial charge in [0.25, 0.3) is 0 Å². The van der Waals surface area contributed by atoms with Gasteiger partial charge in [0, 0.05) is 73.8 Å². The molecule has 11 heteroatoms. The molecule has 3 amide bonds. The van der Waals surface area contributed by atoms with E-state index in [0.29, 0.717) is 44.3 Å². The molecule has 256 valence electrons. The van der Waals surface area contributed by atoms with Gasteiger partial charge in [0.2, 0.25) is 17.7 Å². The van der Waals surface area contributed by atoms with Gasteiger partial charge in [-0.2, -0.15) is 0 Å². The summed E-state index contributed by atoms with van der Waals surface area (Å²) in [6, 6.07) is 9.21. The average Bonchev–Trinajstić information content (AvgIpc) is 3.64. The topological polar surface area (TPSA) is 67.4 Å². The molecule has 8 nitrogen and oxygen atoms in total. The minimum atomic E-state index is -0.909. The maximum atomic E-state index is 15.4. The second kappa shape index (κ2) is 13.4. The molecule has 3 saturated heterocycles. The van der Waals surface area contributed by atoms with E-state index in [1.807, 2.05) is 31.3 Å². The molecule has 0 radical (unpaired) electrons. The molecule has 3 fully saturated rings. The summed E-state index contributed by atoms with van der Waals surface area (Å²) >= 11 is 6.22. The molecule has 5 rings (SSSR count). The van der Waals surface area contributed by atoms with Crippen LogP contribution in [0.5, 0.6) is 0 Å². The van der Waals surface area contributed by atoms with Crippen molar-refractivity contribution < 1.29 is 23.2 Å². The monoisotopic (exact) mass is 671 g/mol. The summed E-state index contributed by atoms with van der Waals surface area (Å²) in [7, 11) is 2.01. The van der Waals surface area contributed by atoms with Crippen molar-refractivity contribution in [2.75, 3.05) is 57.8 Å². The van der Waals surface area contributed by atoms with Gasteiger partial charge < -0.3 is 19.6 Å². The van der Waals surface area contributed by atoms with E-state index in [9.17, 15) is 18.8 Å². The van der Waals surface area contributed by atoms with Crippen LogP contribution in [0.15, 0.2) is 42.5 Å². The third-order valence-corrected chi connectivity index (χ3v) is 10.2. The first kappa shape index (κ1) is 35.2. The zero-order valence-electron chi connectivity index (χ0n) is 28.6. The Bertz CT molecular complexity index is 1480. The summed E-state index contributed by atoms with van der Waals surface area (Å²) in [5, 5.41) is 0.610. The van der Waals surface area contributed by atoms with Crippen LogP contribution in [-0.4, -0.2) is 108 Å². The van der Waals surface area contributed by atoms with Crippen molar-refractivity contribution in [3.8, 4) is 0 Å². The van der Waals surface area contributed by atoms with Crippen molar-refractivity contribution in [2.45, 2.75) is 71.5 Å². The van der Waals surface area contributed by atoms with Crippen LogP contribution < -0.4 is 4.90 Å². The molecule has 4 atom stereocenters. The molecule has 3 aliphatic heterocycles. The number of carbonyl (C=O) groups is 3. The number of likely N-dealkylation sites (tertiary alicyclic amines) is 2. The summed E-state index contributed by atoms with van der Waals surface area (Å²) in [5.74, 6) is -2.90. The minimum Gasteiger partial charge on any atom is -0.338 e. The normalized spacial score (nSPS) is 24.6. The lowest BCUT2D eigenvalue weighted by atomic mass is 9.88. The number of likely N-dealkylation sites (N-methyl/N-ethyl adjacent to an activating group) is 1. The van der Waals surface area contributed by atoms with Gasteiger partial charge in [-0.05, 0) is 64.1 Å². The van der Waals surface area contributed by atoms with E-state index in [-0.39, 0.29) is 47.8 Å². The second-order valence-electron chi connectivity index (χ2n) is 15.4. The van der Waals surface area contributed by atoms with Gasteiger partial charge in [-0.3, -0.25) is 19.3 Å². The third kappa shape index (κ3) is 7.50. The number of rotatable bonds is 5. The van der Waals surface area contributed by atoms with Crippen LogP contribution in [0.2, 0.25) is 5.02 Å². The van der Waals surface area contributed by atoms with Gasteiger partial charge in [0.1, 0.15) is 17.7 Å². The molecule has 47 heavy (non-hydrogen) atoms. The molecule has 2 aromatic carbocycles. The van der Waals surface area contributed by atoms with Crippen LogP contribution in [0, 0.1) is 23.0 Å². The van der Waals surface area contributed by atoms with Crippen molar-refractivity contribution >= 4 is 35.0 Å². The van der Waals surface area contributed by atoms with Crippen LogP contribution in [0.4, 0.5) is 14.5 Å². The summed E-state index contributed by atoms with van der Waals surface area (Å²) in [5.41, 5.74) is -0.170. The Kier molecular flexibility index (Phi) is 10.1. The molecule has 2 aromatic rings. The lowest BCUT2D eigenvalue weighted by molar-refractivity contribution is -0.147. The van der Waals surface area contributed by atoms with Crippen LogP contribution in [-0.2, 0) is 14.4 Å². The number of hydrogen-bond acceptors (Lipinski definition) is 5. The Hall–Kier alpha value is -3.08. The minimum absolute atomic E-state index is 0.0565. The summed E-state index contributed by atoms with van der Waals surface area (Å²) in [4.78, 5) is 52.4. The quantitative estimate of drug-likeness (QED) is 0.434. The number of hydrogen-bond donors (Lipinski definition) is 0. The van der Waals surface area contributed by atoms with Gasteiger partial charge in [-0.1, -0.05) is 44.5 Å². The van der Waals surface area contributed by atoms with E-state index in [4.69, 9.17) is 11.6 Å². The van der Waals surface area contributed by atoms with Gasteiger partial charge in [-0.15, -0.1) is 0 Å². The van der Waals surface area contributed by atoms with Crippen LogP contribution in [0.1, 0.15) is 59.4 Å². The van der Waals surface area contributed by atoms with Crippen molar-refractivity contribution in [1.82, 2.24) is 19.6 Å². The highest BCUT2D eigenvalue weighted by atomic mass is 35.5. The molecule has 0 unspecified atom stereocenters. The largest absolute Gasteiger partial charge is 0.338 e. The molecule has 0 aliphatic carbocycles. The van der Waals surface area contributed by atoms with Crippen LogP contribution >= 0.6 is 11.6 Å². The summed E-state index contributed by atoms with van der Waals surface area (Å²) < 4.78 is 29.4. The fourth-order valence-corrected chi connectivity index (χ4v) is 7.21. The predicted molar refractivity (Wildman–Crippen MR) is 180 cm³/mol. The maximum absolute atomic E-state index is 15.4.